The number of thioether (sulfide) groups is 1. The lowest BCUT2D eigenvalue weighted by Crippen LogP contribution is -2.42. The van der Waals surface area contributed by atoms with Crippen LogP contribution in [0.3, 0.4) is 0 Å². The number of hydrogen-bond donors (Lipinski definition) is 0. The molecule has 6 nitrogen and oxygen atoms in total. The van der Waals surface area contributed by atoms with Crippen LogP contribution in [0.4, 0.5) is 5.69 Å². The van der Waals surface area contributed by atoms with Crippen molar-refractivity contribution >= 4 is 29.3 Å². The Morgan fingerprint density at radius 3 is 2.80 bits per heavy atom. The van der Waals surface area contributed by atoms with Gasteiger partial charge in [-0.25, -0.2) is 0 Å². The van der Waals surface area contributed by atoms with Crippen LogP contribution in [0.1, 0.15) is 6.42 Å². The lowest BCUT2D eigenvalue weighted by Gasteiger charge is -2.28. The van der Waals surface area contributed by atoms with Crippen LogP contribution < -0.4 is 4.90 Å². The van der Waals surface area contributed by atoms with Crippen LogP contribution in [-0.4, -0.2) is 57.6 Å². The molecular formula is C13H18N4O2S. The Bertz CT molecular complexity index is 524. The van der Waals surface area contributed by atoms with Gasteiger partial charge in [0, 0.05) is 50.8 Å². The summed E-state index contributed by atoms with van der Waals surface area (Å²) in [5, 5.41) is 4.08. The summed E-state index contributed by atoms with van der Waals surface area (Å²) < 4.78 is 1.67. The molecule has 0 aromatic carbocycles. The topological polar surface area (TPSA) is 58.4 Å². The monoisotopic (exact) mass is 294 g/mol. The van der Waals surface area contributed by atoms with Gasteiger partial charge in [0.15, 0.2) is 0 Å². The van der Waals surface area contributed by atoms with Gasteiger partial charge in [-0.3, -0.25) is 14.3 Å². The number of nitrogens with zero attached hydrogens (tertiary/aromatic N) is 4. The van der Waals surface area contributed by atoms with Crippen LogP contribution in [0, 0.1) is 5.92 Å². The van der Waals surface area contributed by atoms with Gasteiger partial charge in [0.1, 0.15) is 0 Å². The molecule has 1 aromatic heterocycles. The van der Waals surface area contributed by atoms with Crippen LogP contribution in [0.25, 0.3) is 0 Å². The maximum atomic E-state index is 12.4. The van der Waals surface area contributed by atoms with Crippen molar-refractivity contribution in [3.63, 3.8) is 0 Å². The SMILES string of the molecule is Cn1cc(N2CC(C(=O)N3CCSCC3)CC2=O)cn1. The number of aryl methyl sites for hydroxylation is 1. The fourth-order valence-corrected chi connectivity index (χ4v) is 3.62. The van der Waals surface area contributed by atoms with E-state index in [9.17, 15) is 9.59 Å². The van der Waals surface area contributed by atoms with Gasteiger partial charge >= 0.3 is 0 Å². The van der Waals surface area contributed by atoms with Crippen LogP contribution in [-0.2, 0) is 16.6 Å². The molecule has 0 N–H and O–H groups in total. The van der Waals surface area contributed by atoms with Crippen LogP contribution in [0.15, 0.2) is 12.4 Å². The van der Waals surface area contributed by atoms with E-state index in [2.05, 4.69) is 5.10 Å². The van der Waals surface area contributed by atoms with Crippen molar-refractivity contribution < 1.29 is 9.59 Å². The Kier molecular flexibility index (Phi) is 3.69. The third kappa shape index (κ3) is 2.54. The quantitative estimate of drug-likeness (QED) is 0.790. The van der Waals surface area contributed by atoms with Crippen molar-refractivity contribution in [3.05, 3.63) is 12.4 Å². The zero-order valence-electron chi connectivity index (χ0n) is 11.5. The first-order valence-electron chi connectivity index (χ1n) is 6.80. The van der Waals surface area contributed by atoms with Gasteiger partial charge in [-0.1, -0.05) is 0 Å². The normalized spacial score (nSPS) is 23.4. The summed E-state index contributed by atoms with van der Waals surface area (Å²) >= 11 is 1.88. The van der Waals surface area contributed by atoms with E-state index in [-0.39, 0.29) is 17.7 Å². The van der Waals surface area contributed by atoms with E-state index in [1.54, 1.807) is 15.8 Å². The standard InChI is InChI=1S/C13H18N4O2S/c1-15-9-11(7-14-15)17-8-10(6-12(17)18)13(19)16-2-4-20-5-3-16/h7,9-10H,2-6,8H2,1H3. The van der Waals surface area contributed by atoms with E-state index in [4.69, 9.17) is 0 Å². The first-order chi connectivity index (χ1) is 9.65. The zero-order valence-corrected chi connectivity index (χ0v) is 12.3. The van der Waals surface area contributed by atoms with Crippen molar-refractivity contribution in [3.8, 4) is 0 Å². The van der Waals surface area contributed by atoms with Gasteiger partial charge in [0.25, 0.3) is 0 Å². The predicted octanol–water partition coefficient (Wildman–Crippen LogP) is 0.348. The molecule has 2 aliphatic rings. The first kappa shape index (κ1) is 13.5. The van der Waals surface area contributed by atoms with Gasteiger partial charge in [0.2, 0.25) is 11.8 Å². The molecule has 3 rings (SSSR count). The number of aromatic nitrogens is 2. The minimum atomic E-state index is -0.203. The molecule has 20 heavy (non-hydrogen) atoms. The van der Waals surface area contributed by atoms with Crippen molar-refractivity contribution in [1.82, 2.24) is 14.7 Å². The Balaban J connectivity index is 1.68. The number of anilines is 1. The van der Waals surface area contributed by atoms with E-state index in [0.29, 0.717) is 13.0 Å². The van der Waals surface area contributed by atoms with E-state index in [1.807, 2.05) is 29.9 Å². The molecule has 1 aromatic rings. The predicted molar refractivity (Wildman–Crippen MR) is 77.6 cm³/mol. The smallest absolute Gasteiger partial charge is 0.228 e. The molecule has 108 valence electrons. The molecular weight excluding hydrogens is 276 g/mol. The summed E-state index contributed by atoms with van der Waals surface area (Å²) in [5.41, 5.74) is 0.780. The Morgan fingerprint density at radius 1 is 1.40 bits per heavy atom. The van der Waals surface area contributed by atoms with Crippen LogP contribution in [0.5, 0.6) is 0 Å². The Hall–Kier alpha value is -1.50. The Morgan fingerprint density at radius 2 is 2.15 bits per heavy atom. The second-order valence-corrected chi connectivity index (χ2v) is 6.44. The molecule has 1 atom stereocenters. The molecule has 1 unspecified atom stereocenters. The average molecular weight is 294 g/mol. The summed E-state index contributed by atoms with van der Waals surface area (Å²) in [4.78, 5) is 28.1. The van der Waals surface area contributed by atoms with E-state index in [0.717, 1.165) is 30.3 Å². The maximum absolute atomic E-state index is 12.4. The highest BCUT2D eigenvalue weighted by molar-refractivity contribution is 7.99. The highest BCUT2D eigenvalue weighted by atomic mass is 32.2. The van der Waals surface area contributed by atoms with Gasteiger partial charge in [-0.2, -0.15) is 16.9 Å². The molecule has 2 amide bonds. The molecule has 2 fully saturated rings. The second kappa shape index (κ2) is 5.47. The molecule has 0 radical (unpaired) electrons. The number of amides is 2. The largest absolute Gasteiger partial charge is 0.341 e. The molecule has 2 saturated heterocycles. The number of rotatable bonds is 2. The molecule has 2 aliphatic heterocycles. The van der Waals surface area contributed by atoms with Crippen LogP contribution >= 0.6 is 11.8 Å². The average Bonchev–Trinajstić information content (AvgIpc) is 3.05. The summed E-state index contributed by atoms with van der Waals surface area (Å²) in [6, 6.07) is 0. The first-order valence-corrected chi connectivity index (χ1v) is 7.96. The van der Waals surface area contributed by atoms with Crippen molar-refractivity contribution in [2.24, 2.45) is 13.0 Å². The summed E-state index contributed by atoms with van der Waals surface area (Å²) in [7, 11) is 1.82. The fourth-order valence-electron chi connectivity index (χ4n) is 2.71. The highest BCUT2D eigenvalue weighted by Gasteiger charge is 2.37. The number of carbonyl (C=O) groups excluding carboxylic acids is 2. The third-order valence-electron chi connectivity index (χ3n) is 3.80. The third-order valence-corrected chi connectivity index (χ3v) is 4.74. The summed E-state index contributed by atoms with van der Waals surface area (Å²) in [6.07, 6.45) is 3.79. The maximum Gasteiger partial charge on any atom is 0.228 e. The van der Waals surface area contributed by atoms with Crippen molar-refractivity contribution in [1.29, 1.82) is 0 Å². The highest BCUT2D eigenvalue weighted by Crippen LogP contribution is 2.26. The zero-order chi connectivity index (χ0) is 14.1. The van der Waals surface area contributed by atoms with Gasteiger partial charge in [-0.05, 0) is 0 Å². The fraction of sp³-hybridized carbons (Fsp3) is 0.615. The van der Waals surface area contributed by atoms with Gasteiger partial charge in [0.05, 0.1) is 17.8 Å². The number of hydrogen-bond acceptors (Lipinski definition) is 4. The second-order valence-electron chi connectivity index (χ2n) is 5.22. The molecule has 0 aliphatic carbocycles. The summed E-state index contributed by atoms with van der Waals surface area (Å²) in [6.45, 7) is 2.09. The molecule has 3 heterocycles. The van der Waals surface area contributed by atoms with Gasteiger partial charge in [-0.15, -0.1) is 0 Å². The van der Waals surface area contributed by atoms with Crippen LogP contribution in [0.2, 0.25) is 0 Å². The minimum absolute atomic E-state index is 0.0164. The molecule has 0 saturated carbocycles. The van der Waals surface area contributed by atoms with E-state index in [1.165, 1.54) is 0 Å². The lowest BCUT2D eigenvalue weighted by molar-refractivity contribution is -0.135. The minimum Gasteiger partial charge on any atom is -0.341 e. The Labute approximate surface area is 122 Å². The molecule has 0 spiro atoms. The number of carbonyl (C=O) groups is 2. The summed E-state index contributed by atoms with van der Waals surface area (Å²) in [5.74, 6) is 1.94. The lowest BCUT2D eigenvalue weighted by atomic mass is 10.1. The molecule has 7 heteroatoms. The van der Waals surface area contributed by atoms with Crippen molar-refractivity contribution in [2.75, 3.05) is 36.0 Å². The van der Waals surface area contributed by atoms with Gasteiger partial charge < -0.3 is 9.80 Å². The van der Waals surface area contributed by atoms with E-state index >= 15 is 0 Å². The molecule has 0 bridgehead atoms. The van der Waals surface area contributed by atoms with Crippen molar-refractivity contribution in [2.45, 2.75) is 6.42 Å². The van der Waals surface area contributed by atoms with E-state index < -0.39 is 0 Å².